The van der Waals surface area contributed by atoms with Crippen LogP contribution in [0.15, 0.2) is 96.6 Å². The summed E-state index contributed by atoms with van der Waals surface area (Å²) in [5.74, 6) is 0.105. The van der Waals surface area contributed by atoms with Gasteiger partial charge in [0.15, 0.2) is 5.78 Å². The van der Waals surface area contributed by atoms with Crippen LogP contribution in [-0.4, -0.2) is 5.78 Å². The van der Waals surface area contributed by atoms with E-state index >= 15 is 0 Å². The van der Waals surface area contributed by atoms with Crippen molar-refractivity contribution < 1.29 is 4.79 Å². The minimum Gasteiger partial charge on any atom is -0.289 e. The fourth-order valence-corrected chi connectivity index (χ4v) is 3.52. The Hall–Kier alpha value is -3.19. The molecule has 3 aromatic rings. The normalized spacial score (nSPS) is 14.4. The van der Waals surface area contributed by atoms with Gasteiger partial charge in [-0.3, -0.25) is 4.79 Å². The van der Waals surface area contributed by atoms with Crippen LogP contribution in [0.25, 0.3) is 16.7 Å². The average Bonchev–Trinajstić information content (AvgIpc) is 2.94. The van der Waals surface area contributed by atoms with Crippen LogP contribution in [0.5, 0.6) is 0 Å². The maximum absolute atomic E-state index is 13.4. The third-order valence-electron chi connectivity index (χ3n) is 4.64. The van der Waals surface area contributed by atoms with E-state index in [1.807, 2.05) is 78.9 Å². The summed E-state index contributed by atoms with van der Waals surface area (Å²) in [6.07, 6.45) is 0. The van der Waals surface area contributed by atoms with Crippen LogP contribution in [0.2, 0.25) is 0 Å². The Morgan fingerprint density at radius 1 is 0.480 bits per heavy atom. The molecule has 0 saturated carbocycles. The Bertz CT molecular complexity index is 978. The summed E-state index contributed by atoms with van der Waals surface area (Å²) >= 11 is 0. The number of hydrogen-bond acceptors (Lipinski definition) is 1. The number of hydrogen-bond donors (Lipinski definition) is 0. The van der Waals surface area contributed by atoms with Crippen molar-refractivity contribution in [2.75, 3.05) is 0 Å². The molecule has 0 bridgehead atoms. The minimum absolute atomic E-state index is 0.105. The molecule has 0 aliphatic heterocycles. The maximum Gasteiger partial charge on any atom is 0.195 e. The molecular weight excluding hydrogens is 304 g/mol. The van der Waals surface area contributed by atoms with E-state index in [1.54, 1.807) is 0 Å². The second-order valence-corrected chi connectivity index (χ2v) is 6.18. The Morgan fingerprint density at radius 3 is 1.28 bits per heavy atom. The second kappa shape index (κ2) is 6.37. The third-order valence-corrected chi connectivity index (χ3v) is 4.64. The number of allylic oxidation sites excluding steroid dienone is 4. The van der Waals surface area contributed by atoms with Crippen molar-refractivity contribution in [1.82, 2.24) is 0 Å². The molecule has 0 atom stereocenters. The molecule has 3 aromatic carbocycles. The molecule has 1 heteroatoms. The Balaban J connectivity index is 1.97. The van der Waals surface area contributed by atoms with Gasteiger partial charge < -0.3 is 0 Å². The van der Waals surface area contributed by atoms with Crippen LogP contribution < -0.4 is 0 Å². The third kappa shape index (κ3) is 2.64. The first kappa shape index (κ1) is 15.3. The average molecular weight is 322 g/mol. The summed E-state index contributed by atoms with van der Waals surface area (Å²) < 4.78 is 0. The van der Waals surface area contributed by atoms with Crippen LogP contribution in [0.3, 0.4) is 0 Å². The zero-order valence-corrected chi connectivity index (χ0v) is 14.1. The molecule has 0 N–H and O–H groups in total. The molecule has 0 saturated heterocycles. The number of Topliss-reactive ketones (excluding diaryl/α,β-unsaturated/α-hetero) is 1. The van der Waals surface area contributed by atoms with Gasteiger partial charge in [0, 0.05) is 11.1 Å². The Morgan fingerprint density at radius 2 is 0.840 bits per heavy atom. The predicted molar refractivity (Wildman–Crippen MR) is 104 cm³/mol. The van der Waals surface area contributed by atoms with Crippen molar-refractivity contribution in [2.45, 2.75) is 6.92 Å². The first-order valence-electron chi connectivity index (χ1n) is 8.44. The lowest BCUT2D eigenvalue weighted by Crippen LogP contribution is -2.01. The Kier molecular flexibility index (Phi) is 3.91. The monoisotopic (exact) mass is 322 g/mol. The summed E-state index contributed by atoms with van der Waals surface area (Å²) in [5.41, 5.74) is 6.71. The zero-order valence-electron chi connectivity index (χ0n) is 14.1. The number of rotatable bonds is 3. The SMILES string of the molecule is CC1=C(c2ccccc2)C(=O)C(c2ccccc2)=C1c1ccccc1. The summed E-state index contributed by atoms with van der Waals surface area (Å²) in [4.78, 5) is 13.4. The van der Waals surface area contributed by atoms with Gasteiger partial charge in [0.05, 0.1) is 0 Å². The number of benzene rings is 3. The molecule has 0 unspecified atom stereocenters. The van der Waals surface area contributed by atoms with E-state index in [0.29, 0.717) is 0 Å². The first-order valence-corrected chi connectivity index (χ1v) is 8.44. The van der Waals surface area contributed by atoms with E-state index in [2.05, 4.69) is 19.1 Å². The highest BCUT2D eigenvalue weighted by atomic mass is 16.1. The zero-order chi connectivity index (χ0) is 17.2. The lowest BCUT2D eigenvalue weighted by Gasteiger charge is -2.09. The van der Waals surface area contributed by atoms with Gasteiger partial charge in [-0.1, -0.05) is 91.0 Å². The molecule has 1 aliphatic rings. The molecule has 0 radical (unpaired) electrons. The molecular formula is C24H18O. The molecule has 120 valence electrons. The van der Waals surface area contributed by atoms with Crippen LogP contribution in [0.1, 0.15) is 23.6 Å². The predicted octanol–water partition coefficient (Wildman–Crippen LogP) is 5.65. The summed E-state index contributed by atoms with van der Waals surface area (Å²) in [6.45, 7) is 2.05. The topological polar surface area (TPSA) is 17.1 Å². The fraction of sp³-hybridized carbons (Fsp3) is 0.0417. The molecule has 0 fully saturated rings. The quantitative estimate of drug-likeness (QED) is 0.608. The van der Waals surface area contributed by atoms with Gasteiger partial charge in [-0.2, -0.15) is 0 Å². The molecule has 1 nitrogen and oxygen atoms in total. The smallest absolute Gasteiger partial charge is 0.195 e. The van der Waals surface area contributed by atoms with E-state index in [0.717, 1.165) is 39.0 Å². The summed E-state index contributed by atoms with van der Waals surface area (Å²) in [6, 6.07) is 30.1. The molecule has 0 spiro atoms. The molecule has 0 heterocycles. The van der Waals surface area contributed by atoms with Crippen LogP contribution in [0.4, 0.5) is 0 Å². The van der Waals surface area contributed by atoms with Gasteiger partial charge in [0.2, 0.25) is 0 Å². The number of ketones is 1. The maximum atomic E-state index is 13.4. The fourth-order valence-electron chi connectivity index (χ4n) is 3.52. The van der Waals surface area contributed by atoms with E-state index in [-0.39, 0.29) is 5.78 Å². The first-order chi connectivity index (χ1) is 12.3. The molecule has 4 rings (SSSR count). The van der Waals surface area contributed by atoms with Gasteiger partial charge in [-0.25, -0.2) is 0 Å². The minimum atomic E-state index is 0.105. The van der Waals surface area contributed by atoms with E-state index < -0.39 is 0 Å². The molecule has 25 heavy (non-hydrogen) atoms. The van der Waals surface area contributed by atoms with Crippen molar-refractivity contribution in [3.63, 3.8) is 0 Å². The highest BCUT2D eigenvalue weighted by Crippen LogP contribution is 2.44. The highest BCUT2D eigenvalue weighted by molar-refractivity contribution is 6.52. The standard InChI is InChI=1S/C24H18O/c1-17-21(18-11-5-2-6-12-18)23(20-15-9-4-10-16-20)24(25)22(17)19-13-7-3-8-14-19/h2-16H,1H3. The van der Waals surface area contributed by atoms with Gasteiger partial charge >= 0.3 is 0 Å². The van der Waals surface area contributed by atoms with Gasteiger partial charge in [0.25, 0.3) is 0 Å². The molecule has 0 aromatic heterocycles. The van der Waals surface area contributed by atoms with Crippen molar-refractivity contribution in [3.8, 4) is 0 Å². The van der Waals surface area contributed by atoms with Gasteiger partial charge in [0.1, 0.15) is 0 Å². The summed E-state index contributed by atoms with van der Waals surface area (Å²) in [5, 5.41) is 0. The van der Waals surface area contributed by atoms with E-state index in [4.69, 9.17) is 0 Å². The molecule has 1 aliphatic carbocycles. The number of carbonyl (C=O) groups is 1. The van der Waals surface area contributed by atoms with Gasteiger partial charge in [-0.05, 0) is 34.8 Å². The van der Waals surface area contributed by atoms with Gasteiger partial charge in [-0.15, -0.1) is 0 Å². The van der Waals surface area contributed by atoms with Crippen molar-refractivity contribution >= 4 is 22.5 Å². The van der Waals surface area contributed by atoms with E-state index in [1.165, 1.54) is 0 Å². The molecule has 0 amide bonds. The lowest BCUT2D eigenvalue weighted by atomic mass is 9.94. The van der Waals surface area contributed by atoms with Crippen LogP contribution in [0, 0.1) is 0 Å². The van der Waals surface area contributed by atoms with Crippen LogP contribution >= 0.6 is 0 Å². The Labute approximate surface area is 148 Å². The van der Waals surface area contributed by atoms with Crippen molar-refractivity contribution in [2.24, 2.45) is 0 Å². The lowest BCUT2D eigenvalue weighted by molar-refractivity contribution is -0.108. The van der Waals surface area contributed by atoms with Crippen molar-refractivity contribution in [1.29, 1.82) is 0 Å². The largest absolute Gasteiger partial charge is 0.289 e. The van der Waals surface area contributed by atoms with E-state index in [9.17, 15) is 4.79 Å². The highest BCUT2D eigenvalue weighted by Gasteiger charge is 2.32. The number of carbonyl (C=O) groups excluding carboxylic acids is 1. The second-order valence-electron chi connectivity index (χ2n) is 6.18. The summed E-state index contributed by atoms with van der Waals surface area (Å²) in [7, 11) is 0. The van der Waals surface area contributed by atoms with Crippen molar-refractivity contribution in [3.05, 3.63) is 113 Å². The van der Waals surface area contributed by atoms with Crippen LogP contribution in [-0.2, 0) is 4.79 Å².